The van der Waals surface area contributed by atoms with Crippen LogP contribution in [0.1, 0.15) is 13.8 Å². The van der Waals surface area contributed by atoms with Crippen molar-refractivity contribution in [3.63, 3.8) is 0 Å². The fraction of sp³-hybridized carbons (Fsp3) is 0.778. The molecule has 0 aliphatic carbocycles. The molecular weight excluding hydrogens is 266 g/mol. The van der Waals surface area contributed by atoms with E-state index in [1.54, 1.807) is 0 Å². The van der Waals surface area contributed by atoms with Gasteiger partial charge in [-0.15, -0.1) is 11.8 Å². The summed E-state index contributed by atoms with van der Waals surface area (Å²) < 4.78 is 21.2. The number of aliphatic carboxylic acids is 1. The minimum absolute atomic E-state index is 0.0364. The van der Waals surface area contributed by atoms with Crippen LogP contribution in [-0.2, 0) is 19.4 Å². The Hall–Kier alpha value is -0.760. The van der Waals surface area contributed by atoms with E-state index >= 15 is 0 Å². The van der Waals surface area contributed by atoms with Crippen LogP contribution in [0.25, 0.3) is 0 Å². The lowest BCUT2D eigenvalue weighted by Crippen LogP contribution is -2.48. The number of carboxylic acid groups (broad SMARTS) is 1. The highest BCUT2D eigenvalue weighted by atomic mass is 32.2. The standard InChI is InChI=1S/C9H17NO5S2/c1-9(2,17(3,14)15)8(13)10-4-5-16-6-7(11)12/h4-6H2,1-3H3,(H,10,13)(H,11,12). The minimum Gasteiger partial charge on any atom is -0.481 e. The number of hydrogen-bond donors (Lipinski definition) is 2. The SMILES string of the molecule is CC(C)(C(=O)NCCSCC(=O)O)S(C)(=O)=O. The Bertz CT molecular complexity index is 388. The van der Waals surface area contributed by atoms with Crippen molar-refractivity contribution in [3.05, 3.63) is 0 Å². The van der Waals surface area contributed by atoms with Gasteiger partial charge in [-0.2, -0.15) is 0 Å². The van der Waals surface area contributed by atoms with Crippen LogP contribution in [0.4, 0.5) is 0 Å². The minimum atomic E-state index is -3.47. The molecule has 0 radical (unpaired) electrons. The number of amides is 1. The van der Waals surface area contributed by atoms with E-state index in [9.17, 15) is 18.0 Å². The van der Waals surface area contributed by atoms with E-state index in [0.717, 1.165) is 18.0 Å². The molecule has 0 bridgehead atoms. The Balaban J connectivity index is 4.08. The molecule has 0 fully saturated rings. The summed E-state index contributed by atoms with van der Waals surface area (Å²) in [5, 5.41) is 10.8. The van der Waals surface area contributed by atoms with Crippen LogP contribution in [0.15, 0.2) is 0 Å². The van der Waals surface area contributed by atoms with Gasteiger partial charge < -0.3 is 10.4 Å². The quantitative estimate of drug-likeness (QED) is 0.625. The van der Waals surface area contributed by atoms with Crippen molar-refractivity contribution in [2.75, 3.05) is 24.3 Å². The number of nitrogens with one attached hydrogen (secondary N) is 1. The van der Waals surface area contributed by atoms with E-state index in [-0.39, 0.29) is 12.3 Å². The van der Waals surface area contributed by atoms with Crippen LogP contribution in [-0.4, -0.2) is 54.5 Å². The zero-order chi connectivity index (χ0) is 13.7. The first-order valence-electron chi connectivity index (χ1n) is 4.86. The molecule has 0 saturated heterocycles. The van der Waals surface area contributed by atoms with Crippen molar-refractivity contribution in [2.45, 2.75) is 18.6 Å². The second-order valence-corrected chi connectivity index (χ2v) is 7.65. The number of thioether (sulfide) groups is 1. The van der Waals surface area contributed by atoms with Gasteiger partial charge in [-0.3, -0.25) is 9.59 Å². The van der Waals surface area contributed by atoms with Crippen molar-refractivity contribution in [2.24, 2.45) is 0 Å². The molecular formula is C9H17NO5S2. The summed E-state index contributed by atoms with van der Waals surface area (Å²) in [4.78, 5) is 21.8. The number of carboxylic acids is 1. The molecule has 0 aliphatic heterocycles. The monoisotopic (exact) mass is 283 g/mol. The van der Waals surface area contributed by atoms with Crippen molar-refractivity contribution in [3.8, 4) is 0 Å². The predicted molar refractivity (Wildman–Crippen MR) is 66.9 cm³/mol. The van der Waals surface area contributed by atoms with E-state index in [1.165, 1.54) is 13.8 Å². The summed E-state index contributed by atoms with van der Waals surface area (Å²) in [5.74, 6) is -1.10. The van der Waals surface area contributed by atoms with Crippen LogP contribution in [0.5, 0.6) is 0 Å². The molecule has 0 aromatic heterocycles. The molecule has 0 saturated carbocycles. The molecule has 100 valence electrons. The van der Waals surface area contributed by atoms with Gasteiger partial charge in [0.25, 0.3) is 0 Å². The fourth-order valence-corrected chi connectivity index (χ4v) is 1.75. The summed E-state index contributed by atoms with van der Waals surface area (Å²) in [7, 11) is -3.47. The Labute approximate surface area is 105 Å². The first kappa shape index (κ1) is 16.2. The second kappa shape index (κ2) is 6.25. The third-order valence-electron chi connectivity index (χ3n) is 2.23. The fourth-order valence-electron chi connectivity index (χ4n) is 0.777. The van der Waals surface area contributed by atoms with Crippen molar-refractivity contribution in [1.82, 2.24) is 5.32 Å². The number of hydrogen-bond acceptors (Lipinski definition) is 5. The van der Waals surface area contributed by atoms with Gasteiger partial charge in [-0.05, 0) is 13.8 Å². The van der Waals surface area contributed by atoms with E-state index < -0.39 is 26.5 Å². The van der Waals surface area contributed by atoms with Crippen LogP contribution in [0.3, 0.4) is 0 Å². The van der Waals surface area contributed by atoms with Gasteiger partial charge in [0.05, 0.1) is 5.75 Å². The molecule has 17 heavy (non-hydrogen) atoms. The molecule has 0 heterocycles. The Morgan fingerprint density at radius 2 is 1.88 bits per heavy atom. The Kier molecular flexibility index (Phi) is 5.97. The molecule has 2 N–H and O–H groups in total. The topological polar surface area (TPSA) is 101 Å². The van der Waals surface area contributed by atoms with Crippen molar-refractivity contribution >= 4 is 33.5 Å². The van der Waals surface area contributed by atoms with Gasteiger partial charge in [0.2, 0.25) is 5.91 Å². The summed E-state index contributed by atoms with van der Waals surface area (Å²) in [6.07, 6.45) is 1.01. The van der Waals surface area contributed by atoms with Gasteiger partial charge in [0, 0.05) is 18.6 Å². The first-order valence-corrected chi connectivity index (χ1v) is 7.91. The van der Waals surface area contributed by atoms with Crippen molar-refractivity contribution < 1.29 is 23.1 Å². The number of carbonyl (C=O) groups excluding carboxylic acids is 1. The van der Waals surface area contributed by atoms with Crippen LogP contribution in [0.2, 0.25) is 0 Å². The number of carbonyl (C=O) groups is 2. The van der Waals surface area contributed by atoms with Crippen molar-refractivity contribution in [1.29, 1.82) is 0 Å². The lowest BCUT2D eigenvalue weighted by Gasteiger charge is -2.21. The van der Waals surface area contributed by atoms with Crippen LogP contribution >= 0.6 is 11.8 Å². The van der Waals surface area contributed by atoms with E-state index in [2.05, 4.69) is 5.32 Å². The molecule has 0 aromatic rings. The number of sulfone groups is 1. The summed E-state index contributed by atoms with van der Waals surface area (Å²) in [6, 6.07) is 0. The van der Waals surface area contributed by atoms with Gasteiger partial charge in [0.1, 0.15) is 4.75 Å². The third kappa shape index (κ3) is 5.40. The maximum Gasteiger partial charge on any atom is 0.313 e. The highest BCUT2D eigenvalue weighted by Crippen LogP contribution is 2.14. The molecule has 6 nitrogen and oxygen atoms in total. The van der Waals surface area contributed by atoms with Crippen LogP contribution < -0.4 is 5.32 Å². The summed E-state index contributed by atoms with van der Waals surface area (Å²) in [5.41, 5.74) is 0. The smallest absolute Gasteiger partial charge is 0.313 e. The number of rotatable bonds is 7. The van der Waals surface area contributed by atoms with Crippen LogP contribution in [0, 0.1) is 0 Å². The largest absolute Gasteiger partial charge is 0.481 e. The molecule has 0 aliphatic rings. The lowest BCUT2D eigenvalue weighted by molar-refractivity contribution is -0.133. The third-order valence-corrected chi connectivity index (χ3v) is 5.21. The van der Waals surface area contributed by atoms with Gasteiger partial charge in [-0.1, -0.05) is 0 Å². The Morgan fingerprint density at radius 1 is 1.35 bits per heavy atom. The molecule has 8 heteroatoms. The van der Waals surface area contributed by atoms with E-state index in [4.69, 9.17) is 5.11 Å². The molecule has 0 unspecified atom stereocenters. The highest BCUT2D eigenvalue weighted by Gasteiger charge is 2.37. The second-order valence-electron chi connectivity index (χ2n) is 3.98. The molecule has 0 atom stereocenters. The average Bonchev–Trinajstić information content (AvgIpc) is 2.14. The molecule has 0 aromatic carbocycles. The maximum atomic E-state index is 11.6. The van der Waals surface area contributed by atoms with Gasteiger partial charge in [-0.25, -0.2) is 8.42 Å². The maximum absolute atomic E-state index is 11.6. The van der Waals surface area contributed by atoms with E-state index in [0.29, 0.717) is 5.75 Å². The normalized spacial score (nSPS) is 12.2. The Morgan fingerprint density at radius 3 is 2.29 bits per heavy atom. The predicted octanol–water partition coefficient (Wildman–Crippen LogP) is -0.256. The molecule has 0 spiro atoms. The van der Waals surface area contributed by atoms with Gasteiger partial charge >= 0.3 is 5.97 Å². The first-order chi connectivity index (χ1) is 7.59. The summed E-state index contributed by atoms with van der Waals surface area (Å²) >= 11 is 1.16. The lowest BCUT2D eigenvalue weighted by atomic mass is 10.2. The molecule has 1 amide bonds. The molecule has 0 rings (SSSR count). The zero-order valence-electron chi connectivity index (χ0n) is 10.0. The van der Waals surface area contributed by atoms with Gasteiger partial charge in [0.15, 0.2) is 9.84 Å². The van der Waals surface area contributed by atoms with E-state index in [1.807, 2.05) is 0 Å². The summed E-state index contributed by atoms with van der Waals surface area (Å²) in [6.45, 7) is 2.92. The average molecular weight is 283 g/mol. The zero-order valence-corrected chi connectivity index (χ0v) is 11.7. The highest BCUT2D eigenvalue weighted by molar-refractivity contribution is 7.99.